The topological polar surface area (TPSA) is 35.5 Å². The van der Waals surface area contributed by atoms with Crippen LogP contribution >= 0.6 is 0 Å². The van der Waals surface area contributed by atoms with Crippen molar-refractivity contribution >= 4 is 5.97 Å². The van der Waals surface area contributed by atoms with Crippen molar-refractivity contribution in [1.29, 1.82) is 0 Å². The number of esters is 1. The molecule has 21 heavy (non-hydrogen) atoms. The lowest BCUT2D eigenvalue weighted by atomic mass is 9.70. The lowest BCUT2D eigenvalue weighted by Crippen LogP contribution is -2.33. The summed E-state index contributed by atoms with van der Waals surface area (Å²) in [6.45, 7) is 6.93. The summed E-state index contributed by atoms with van der Waals surface area (Å²) in [5.74, 6) is 0.950. The van der Waals surface area contributed by atoms with E-state index in [1.807, 2.05) is 0 Å². The van der Waals surface area contributed by atoms with Crippen molar-refractivity contribution in [3.05, 3.63) is 0 Å². The van der Waals surface area contributed by atoms with Crippen LogP contribution in [0.15, 0.2) is 0 Å². The minimum atomic E-state index is 0.0585. The zero-order chi connectivity index (χ0) is 15.5. The molecule has 2 saturated carbocycles. The number of ether oxygens (including phenoxy) is 2. The van der Waals surface area contributed by atoms with Gasteiger partial charge in [-0.15, -0.1) is 0 Å². The Morgan fingerprint density at radius 3 is 1.86 bits per heavy atom. The van der Waals surface area contributed by atoms with Gasteiger partial charge in [-0.05, 0) is 62.7 Å². The SMILES string of the molecule is COC1CCC(OC(=O)C2CCC(C(C)(C)C)CC2)CC1. The summed E-state index contributed by atoms with van der Waals surface area (Å²) in [4.78, 5) is 12.3. The van der Waals surface area contributed by atoms with Gasteiger partial charge in [0.15, 0.2) is 0 Å². The lowest BCUT2D eigenvalue weighted by Gasteiger charge is -2.36. The van der Waals surface area contributed by atoms with Crippen LogP contribution in [0.2, 0.25) is 0 Å². The lowest BCUT2D eigenvalue weighted by molar-refractivity contribution is -0.158. The molecule has 0 saturated heterocycles. The number of methoxy groups -OCH3 is 1. The third-order valence-corrected chi connectivity index (χ3v) is 5.52. The quantitative estimate of drug-likeness (QED) is 0.727. The summed E-state index contributed by atoms with van der Waals surface area (Å²) in [7, 11) is 1.77. The standard InChI is InChI=1S/C18H32O3/c1-18(2,3)14-7-5-13(6-8-14)17(19)21-16-11-9-15(20-4)10-12-16/h13-16H,5-12H2,1-4H3. The molecule has 0 atom stereocenters. The van der Waals surface area contributed by atoms with Crippen molar-refractivity contribution in [2.45, 2.75) is 84.3 Å². The van der Waals surface area contributed by atoms with Crippen LogP contribution in [0.25, 0.3) is 0 Å². The molecule has 2 rings (SSSR count). The monoisotopic (exact) mass is 296 g/mol. The normalized spacial score (nSPS) is 34.5. The Hall–Kier alpha value is -0.570. The molecule has 0 bridgehead atoms. The van der Waals surface area contributed by atoms with Crippen LogP contribution in [0.5, 0.6) is 0 Å². The number of hydrogen-bond donors (Lipinski definition) is 0. The van der Waals surface area contributed by atoms with Gasteiger partial charge in [0.2, 0.25) is 0 Å². The highest BCUT2D eigenvalue weighted by Crippen LogP contribution is 2.40. The van der Waals surface area contributed by atoms with Gasteiger partial charge in [0.05, 0.1) is 12.0 Å². The first kappa shape index (κ1) is 16.8. The smallest absolute Gasteiger partial charge is 0.309 e. The fourth-order valence-corrected chi connectivity index (χ4v) is 3.84. The van der Waals surface area contributed by atoms with E-state index in [9.17, 15) is 4.79 Å². The fourth-order valence-electron chi connectivity index (χ4n) is 3.84. The molecule has 3 nitrogen and oxygen atoms in total. The Bertz CT molecular complexity index is 329. The van der Waals surface area contributed by atoms with Crippen LogP contribution in [0.3, 0.4) is 0 Å². The minimum absolute atomic E-state index is 0.0585. The van der Waals surface area contributed by atoms with Gasteiger partial charge in [0.25, 0.3) is 0 Å². The second-order valence-electron chi connectivity index (χ2n) is 7.99. The van der Waals surface area contributed by atoms with E-state index >= 15 is 0 Å². The fraction of sp³-hybridized carbons (Fsp3) is 0.944. The van der Waals surface area contributed by atoms with Crippen molar-refractivity contribution in [3.63, 3.8) is 0 Å². The van der Waals surface area contributed by atoms with Crippen molar-refractivity contribution in [3.8, 4) is 0 Å². The zero-order valence-corrected chi connectivity index (χ0v) is 14.2. The Morgan fingerprint density at radius 2 is 1.38 bits per heavy atom. The van der Waals surface area contributed by atoms with Crippen molar-refractivity contribution in [2.75, 3.05) is 7.11 Å². The summed E-state index contributed by atoms with van der Waals surface area (Å²) in [6.07, 6.45) is 8.80. The van der Waals surface area contributed by atoms with Crippen LogP contribution < -0.4 is 0 Å². The minimum Gasteiger partial charge on any atom is -0.462 e. The van der Waals surface area contributed by atoms with Gasteiger partial charge in [0.1, 0.15) is 6.10 Å². The molecule has 0 amide bonds. The maximum absolute atomic E-state index is 12.3. The third-order valence-electron chi connectivity index (χ3n) is 5.52. The van der Waals surface area contributed by atoms with Crippen molar-refractivity contribution < 1.29 is 14.3 Å². The average molecular weight is 296 g/mol. The molecule has 0 aromatic carbocycles. The Kier molecular flexibility index (Phi) is 5.70. The van der Waals surface area contributed by atoms with E-state index in [0.29, 0.717) is 11.5 Å². The Morgan fingerprint density at radius 1 is 0.857 bits per heavy atom. The van der Waals surface area contributed by atoms with Gasteiger partial charge >= 0.3 is 5.97 Å². The van der Waals surface area contributed by atoms with Gasteiger partial charge in [0, 0.05) is 7.11 Å². The molecule has 0 aromatic heterocycles. The van der Waals surface area contributed by atoms with E-state index in [1.54, 1.807) is 7.11 Å². The van der Waals surface area contributed by atoms with E-state index in [-0.39, 0.29) is 18.0 Å². The van der Waals surface area contributed by atoms with E-state index < -0.39 is 0 Å². The predicted molar refractivity (Wildman–Crippen MR) is 84.0 cm³/mol. The average Bonchev–Trinajstić information content (AvgIpc) is 2.47. The maximum atomic E-state index is 12.3. The molecule has 0 radical (unpaired) electrons. The molecule has 3 heteroatoms. The highest BCUT2D eigenvalue weighted by molar-refractivity contribution is 5.72. The first-order valence-corrected chi connectivity index (χ1v) is 8.63. The molecular weight excluding hydrogens is 264 g/mol. The van der Waals surface area contributed by atoms with E-state index in [0.717, 1.165) is 44.4 Å². The number of rotatable bonds is 3. The van der Waals surface area contributed by atoms with Crippen LogP contribution in [-0.2, 0) is 14.3 Å². The predicted octanol–water partition coefficient (Wildman–Crippen LogP) is 4.34. The molecule has 0 aliphatic heterocycles. The van der Waals surface area contributed by atoms with E-state index in [1.165, 1.54) is 12.8 Å². The molecule has 0 unspecified atom stereocenters. The molecule has 2 fully saturated rings. The molecule has 0 N–H and O–H groups in total. The summed E-state index contributed by atoms with van der Waals surface area (Å²) < 4.78 is 11.1. The molecule has 2 aliphatic carbocycles. The van der Waals surface area contributed by atoms with E-state index in [4.69, 9.17) is 9.47 Å². The van der Waals surface area contributed by atoms with Gasteiger partial charge in [-0.2, -0.15) is 0 Å². The van der Waals surface area contributed by atoms with Crippen LogP contribution in [0, 0.1) is 17.3 Å². The summed E-state index contributed by atoms with van der Waals surface area (Å²) >= 11 is 0. The second-order valence-corrected chi connectivity index (χ2v) is 7.99. The van der Waals surface area contributed by atoms with Gasteiger partial charge in [-0.25, -0.2) is 0 Å². The first-order chi connectivity index (χ1) is 9.90. The molecule has 2 aliphatic rings. The first-order valence-electron chi connectivity index (χ1n) is 8.63. The third kappa shape index (κ3) is 4.70. The molecule has 0 spiro atoms. The van der Waals surface area contributed by atoms with Gasteiger partial charge < -0.3 is 9.47 Å². The number of carbonyl (C=O) groups excluding carboxylic acids is 1. The maximum Gasteiger partial charge on any atom is 0.309 e. The summed E-state index contributed by atoms with van der Waals surface area (Å²) in [5, 5.41) is 0. The molecule has 0 heterocycles. The van der Waals surface area contributed by atoms with Crippen molar-refractivity contribution in [1.82, 2.24) is 0 Å². The Labute approximate surface area is 129 Å². The Balaban J connectivity index is 1.73. The van der Waals surface area contributed by atoms with Crippen molar-refractivity contribution in [2.24, 2.45) is 17.3 Å². The highest BCUT2D eigenvalue weighted by atomic mass is 16.5. The number of carbonyl (C=O) groups is 1. The number of hydrogen-bond acceptors (Lipinski definition) is 3. The van der Waals surface area contributed by atoms with Crippen LogP contribution in [0.4, 0.5) is 0 Å². The van der Waals surface area contributed by atoms with Crippen LogP contribution in [-0.4, -0.2) is 25.3 Å². The summed E-state index contributed by atoms with van der Waals surface area (Å²) in [6, 6.07) is 0. The van der Waals surface area contributed by atoms with Gasteiger partial charge in [-0.1, -0.05) is 20.8 Å². The molecular formula is C18H32O3. The summed E-state index contributed by atoms with van der Waals surface area (Å²) in [5.41, 5.74) is 0.368. The van der Waals surface area contributed by atoms with Crippen LogP contribution in [0.1, 0.15) is 72.1 Å². The van der Waals surface area contributed by atoms with E-state index in [2.05, 4.69) is 20.8 Å². The molecule has 122 valence electrons. The highest BCUT2D eigenvalue weighted by Gasteiger charge is 2.34. The largest absolute Gasteiger partial charge is 0.462 e. The zero-order valence-electron chi connectivity index (χ0n) is 14.2. The van der Waals surface area contributed by atoms with Gasteiger partial charge in [-0.3, -0.25) is 4.79 Å². The second kappa shape index (κ2) is 7.13. The molecule has 0 aromatic rings.